The van der Waals surface area contributed by atoms with E-state index in [1.165, 1.54) is 83.5 Å². The summed E-state index contributed by atoms with van der Waals surface area (Å²) in [6.45, 7) is 18.7. The number of nitrogens with one attached hydrogen (secondary N) is 2. The van der Waals surface area contributed by atoms with E-state index in [1.807, 2.05) is 0 Å². The molecule has 0 bridgehead atoms. The molecule has 2 rings (SSSR count). The molecule has 0 radical (unpaired) electrons. The van der Waals surface area contributed by atoms with Crippen LogP contribution in [0.3, 0.4) is 0 Å². The lowest BCUT2D eigenvalue weighted by atomic mass is 10.0. The van der Waals surface area contributed by atoms with Crippen molar-refractivity contribution >= 4 is 17.4 Å². The van der Waals surface area contributed by atoms with Crippen molar-refractivity contribution in [2.45, 2.75) is 162 Å². The molecule has 0 saturated heterocycles. The molecule has 2 aliphatic rings. The summed E-state index contributed by atoms with van der Waals surface area (Å²) in [6, 6.07) is 0. The molecule has 2 N–H and O–H groups in total. The fourth-order valence-corrected chi connectivity index (χ4v) is 13.2. The number of hydrogen-bond donors (Lipinski definition) is 2. The summed E-state index contributed by atoms with van der Waals surface area (Å²) in [5.41, 5.74) is 1.30. The van der Waals surface area contributed by atoms with Gasteiger partial charge in [-0.3, -0.25) is 9.96 Å². The van der Waals surface area contributed by atoms with E-state index in [1.54, 1.807) is 0 Å². The van der Waals surface area contributed by atoms with E-state index in [-0.39, 0.29) is 0 Å². The predicted octanol–water partition coefficient (Wildman–Crippen LogP) is 8.61. The Hall–Kier alpha value is 0.194. The highest BCUT2D eigenvalue weighted by Crippen LogP contribution is 2.39. The lowest BCUT2D eigenvalue weighted by Gasteiger charge is -2.39. The Kier molecular flexibility index (Phi) is 22.6. The summed E-state index contributed by atoms with van der Waals surface area (Å²) in [5, 5.41) is 0. The maximum Gasteiger partial charge on any atom is 0.428 e. The van der Waals surface area contributed by atoms with Gasteiger partial charge >= 0.3 is 17.4 Å². The number of unbranched alkanes of at least 4 members (excludes halogenated alkanes) is 2. The molecular formula is C31H68N2O4Si2. The Balaban J connectivity index is 0.000000391. The SMILES string of the molecule is CCCCN[Si](OCCC)(OCCC)C1CCCC1.CCCCN[Si](OCCC)(OCCC)C1CCCCC1. The lowest BCUT2D eigenvalue weighted by Crippen LogP contribution is -2.60. The number of hydrogen-bond acceptors (Lipinski definition) is 6. The highest BCUT2D eigenvalue weighted by molar-refractivity contribution is 6.67. The molecule has 0 aromatic rings. The fourth-order valence-electron chi connectivity index (χ4n) is 5.73. The summed E-state index contributed by atoms with van der Waals surface area (Å²) in [4.78, 5) is 7.51. The van der Waals surface area contributed by atoms with Gasteiger partial charge in [0.05, 0.1) is 0 Å². The van der Waals surface area contributed by atoms with Gasteiger partial charge in [-0.15, -0.1) is 0 Å². The highest BCUT2D eigenvalue weighted by Gasteiger charge is 2.48. The van der Waals surface area contributed by atoms with Crippen LogP contribution in [0, 0.1) is 0 Å². The average Bonchev–Trinajstić information content (AvgIpc) is 3.52. The Bertz CT molecular complexity index is 531. The third-order valence-electron chi connectivity index (χ3n) is 7.92. The van der Waals surface area contributed by atoms with Gasteiger partial charge in [-0.2, -0.15) is 0 Å². The summed E-state index contributed by atoms with van der Waals surface area (Å²) in [5.74, 6) is 0. The first kappa shape index (κ1) is 37.2. The maximum atomic E-state index is 6.37. The van der Waals surface area contributed by atoms with Crippen molar-refractivity contribution in [2.75, 3.05) is 39.5 Å². The van der Waals surface area contributed by atoms with Gasteiger partial charge in [-0.25, -0.2) is 0 Å². The Morgan fingerprint density at radius 1 is 0.462 bits per heavy atom. The molecule has 0 spiro atoms. The van der Waals surface area contributed by atoms with E-state index in [4.69, 9.17) is 17.7 Å². The highest BCUT2D eigenvalue weighted by atomic mass is 28.4. The molecule has 2 saturated carbocycles. The van der Waals surface area contributed by atoms with Gasteiger partial charge in [0.1, 0.15) is 0 Å². The van der Waals surface area contributed by atoms with Crippen molar-refractivity contribution in [3.63, 3.8) is 0 Å². The van der Waals surface area contributed by atoms with E-state index in [0.717, 1.165) is 65.2 Å². The predicted molar refractivity (Wildman–Crippen MR) is 171 cm³/mol. The zero-order chi connectivity index (χ0) is 28.7. The van der Waals surface area contributed by atoms with Crippen molar-refractivity contribution in [3.8, 4) is 0 Å². The van der Waals surface area contributed by atoms with Gasteiger partial charge in [0, 0.05) is 37.5 Å². The monoisotopic (exact) mass is 588 g/mol. The second-order valence-corrected chi connectivity index (χ2v) is 17.8. The summed E-state index contributed by atoms with van der Waals surface area (Å²) in [7, 11) is -4.42. The quantitative estimate of drug-likeness (QED) is 0.0975. The molecule has 0 heterocycles. The second kappa shape index (κ2) is 23.7. The largest absolute Gasteiger partial charge is 0.428 e. The van der Waals surface area contributed by atoms with Gasteiger partial charge in [0.15, 0.2) is 0 Å². The van der Waals surface area contributed by atoms with Crippen molar-refractivity contribution in [3.05, 3.63) is 0 Å². The first-order valence-corrected chi connectivity index (χ1v) is 20.9. The Morgan fingerprint density at radius 3 is 1.05 bits per heavy atom. The molecule has 0 aromatic carbocycles. The third-order valence-corrected chi connectivity index (χ3v) is 15.2. The Labute approximate surface area is 246 Å². The molecule has 0 unspecified atom stereocenters. The molecule has 0 aromatic heterocycles. The summed E-state index contributed by atoms with van der Waals surface area (Å²) >= 11 is 0. The van der Waals surface area contributed by atoms with Crippen LogP contribution in [0.15, 0.2) is 0 Å². The van der Waals surface area contributed by atoms with E-state index in [0.29, 0.717) is 11.1 Å². The number of rotatable bonds is 22. The van der Waals surface area contributed by atoms with Crippen LogP contribution in [0.4, 0.5) is 0 Å². The summed E-state index contributed by atoms with van der Waals surface area (Å²) < 4.78 is 25.4. The molecule has 6 nitrogen and oxygen atoms in total. The third kappa shape index (κ3) is 14.3. The van der Waals surface area contributed by atoms with Gasteiger partial charge in [0.25, 0.3) is 0 Å². The smallest absolute Gasteiger partial charge is 0.383 e. The van der Waals surface area contributed by atoms with Gasteiger partial charge < -0.3 is 17.7 Å². The molecule has 0 aliphatic heterocycles. The van der Waals surface area contributed by atoms with Crippen molar-refractivity contribution in [1.29, 1.82) is 0 Å². The van der Waals surface area contributed by atoms with Crippen LogP contribution in [-0.4, -0.2) is 57.0 Å². The minimum atomic E-state index is -2.22. The minimum Gasteiger partial charge on any atom is -0.383 e. The zero-order valence-corrected chi connectivity index (χ0v) is 29.1. The maximum absolute atomic E-state index is 6.37. The van der Waals surface area contributed by atoms with E-state index < -0.39 is 17.4 Å². The molecule has 0 amide bonds. The van der Waals surface area contributed by atoms with Crippen LogP contribution >= 0.6 is 0 Å². The van der Waals surface area contributed by atoms with Crippen LogP contribution in [0.5, 0.6) is 0 Å². The molecule has 234 valence electrons. The van der Waals surface area contributed by atoms with Crippen molar-refractivity contribution in [1.82, 2.24) is 9.96 Å². The van der Waals surface area contributed by atoms with Crippen LogP contribution < -0.4 is 9.96 Å². The molecule has 2 fully saturated rings. The standard InChI is InChI=1S/C16H35NO2Si.C15H33NO2Si/c1-4-7-13-17-20(18-14-5-2,19-15-6-3)16-11-9-8-10-12-16;1-4-7-12-16-19(17-13-5-2,18-14-6-3)15-10-8-9-11-15/h16-17H,4-15H2,1-3H3;15-16H,4-14H2,1-3H3. The van der Waals surface area contributed by atoms with E-state index in [2.05, 4.69) is 51.5 Å². The average molecular weight is 589 g/mol. The molecular weight excluding hydrogens is 521 g/mol. The Morgan fingerprint density at radius 2 is 0.769 bits per heavy atom. The molecule has 8 heteroatoms. The fraction of sp³-hybridized carbons (Fsp3) is 1.00. The van der Waals surface area contributed by atoms with Crippen LogP contribution in [0.2, 0.25) is 11.1 Å². The summed E-state index contributed by atoms with van der Waals surface area (Å²) in [6.07, 6.45) is 21.1. The first-order valence-electron chi connectivity index (χ1n) is 17.1. The lowest BCUT2D eigenvalue weighted by molar-refractivity contribution is 0.139. The topological polar surface area (TPSA) is 61.0 Å². The van der Waals surface area contributed by atoms with Gasteiger partial charge in [0.2, 0.25) is 0 Å². The molecule has 39 heavy (non-hydrogen) atoms. The zero-order valence-electron chi connectivity index (χ0n) is 27.1. The normalized spacial score (nSPS) is 17.4. The van der Waals surface area contributed by atoms with E-state index in [9.17, 15) is 0 Å². The van der Waals surface area contributed by atoms with Crippen molar-refractivity contribution < 1.29 is 17.7 Å². The van der Waals surface area contributed by atoms with Gasteiger partial charge in [-0.1, -0.05) is 86.5 Å². The van der Waals surface area contributed by atoms with Crippen LogP contribution in [0.1, 0.15) is 151 Å². The first-order chi connectivity index (χ1) is 19.1. The molecule has 0 atom stereocenters. The van der Waals surface area contributed by atoms with Crippen LogP contribution in [0.25, 0.3) is 0 Å². The van der Waals surface area contributed by atoms with Gasteiger partial charge in [-0.05, 0) is 77.3 Å². The van der Waals surface area contributed by atoms with Crippen LogP contribution in [-0.2, 0) is 17.7 Å². The molecule has 2 aliphatic carbocycles. The second-order valence-electron chi connectivity index (χ2n) is 11.6. The van der Waals surface area contributed by atoms with E-state index >= 15 is 0 Å². The van der Waals surface area contributed by atoms with Crippen molar-refractivity contribution in [2.24, 2.45) is 0 Å². The minimum absolute atomic E-state index is 0.645.